The molecular weight excluding hydrogens is 429 g/mol. The lowest BCUT2D eigenvalue weighted by atomic mass is 10.1. The molecule has 4 rings (SSSR count). The molecule has 0 unspecified atom stereocenters. The highest BCUT2D eigenvalue weighted by Crippen LogP contribution is 2.31. The van der Waals surface area contributed by atoms with E-state index in [1.54, 1.807) is 30.3 Å². The maximum Gasteiger partial charge on any atom is 0.268 e. The Kier molecular flexibility index (Phi) is 5.09. The van der Waals surface area contributed by atoms with Crippen LogP contribution in [0.15, 0.2) is 77.7 Å². The van der Waals surface area contributed by atoms with Crippen LogP contribution in [0.1, 0.15) is 16.1 Å². The number of halogens is 2. The second-order valence-electron chi connectivity index (χ2n) is 6.46. The Hall–Kier alpha value is -3.16. The number of carbonyl (C=O) groups excluding carboxylic acids is 1. The summed E-state index contributed by atoms with van der Waals surface area (Å²) in [5.74, 6) is -1.19. The Morgan fingerprint density at radius 3 is 2.40 bits per heavy atom. The molecule has 0 aliphatic rings. The largest absolute Gasteiger partial charge is 0.497 e. The number of nitrogens with zero attached hydrogens (tertiary/aromatic N) is 1. The summed E-state index contributed by atoms with van der Waals surface area (Å²) in [7, 11) is -2.69. The highest BCUT2D eigenvalue weighted by atomic mass is 35.5. The summed E-state index contributed by atoms with van der Waals surface area (Å²) in [6, 6.07) is 17.7. The summed E-state index contributed by atoms with van der Waals surface area (Å²) in [5, 5.41) is 0.344. The van der Waals surface area contributed by atoms with Crippen LogP contribution in [0.3, 0.4) is 0 Å². The molecule has 0 aliphatic carbocycles. The second-order valence-corrected chi connectivity index (χ2v) is 8.66. The summed E-state index contributed by atoms with van der Waals surface area (Å²) in [4.78, 5) is 13.3. The molecule has 152 valence electrons. The van der Waals surface area contributed by atoms with E-state index < -0.39 is 27.2 Å². The minimum atomic E-state index is -4.16. The number of carbonyl (C=O) groups is 1. The lowest BCUT2D eigenvalue weighted by molar-refractivity contribution is 0.103. The number of rotatable bonds is 5. The number of fused-ring (bicyclic) bond motifs is 1. The maximum absolute atomic E-state index is 14.4. The smallest absolute Gasteiger partial charge is 0.268 e. The van der Waals surface area contributed by atoms with Crippen LogP contribution in [-0.4, -0.2) is 25.3 Å². The minimum Gasteiger partial charge on any atom is -0.497 e. The standard InChI is InChI=1S/C22H15ClFNO4S/c1-29-15-10-11-19-14(12-15)13-20(22(26)21-17(23)8-5-9-18(21)24)25(19)30(27,28)16-6-3-2-4-7-16/h2-13H,1H3. The molecule has 0 saturated carbocycles. The van der Waals surface area contributed by atoms with E-state index in [0.29, 0.717) is 11.1 Å². The predicted molar refractivity (Wildman–Crippen MR) is 112 cm³/mol. The number of hydrogen-bond donors (Lipinski definition) is 0. The quantitative estimate of drug-likeness (QED) is 0.411. The van der Waals surface area contributed by atoms with Crippen LogP contribution in [-0.2, 0) is 10.0 Å². The Morgan fingerprint density at radius 1 is 1.00 bits per heavy atom. The van der Waals surface area contributed by atoms with Gasteiger partial charge in [0, 0.05) is 5.39 Å². The molecule has 0 spiro atoms. The molecule has 0 radical (unpaired) electrons. The fourth-order valence-electron chi connectivity index (χ4n) is 3.25. The van der Waals surface area contributed by atoms with E-state index in [9.17, 15) is 17.6 Å². The van der Waals surface area contributed by atoms with Crippen molar-refractivity contribution in [1.82, 2.24) is 3.97 Å². The molecule has 0 fully saturated rings. The number of methoxy groups -OCH3 is 1. The number of ether oxygens (including phenoxy) is 1. The third-order valence-corrected chi connectivity index (χ3v) is 6.73. The van der Waals surface area contributed by atoms with Crippen LogP contribution in [0, 0.1) is 5.82 Å². The first-order valence-corrected chi connectivity index (χ1v) is 10.6. The number of hydrogen-bond acceptors (Lipinski definition) is 4. The minimum absolute atomic E-state index is 0.00741. The summed E-state index contributed by atoms with van der Waals surface area (Å²) in [5.41, 5.74) is -0.358. The van der Waals surface area contributed by atoms with Crippen molar-refractivity contribution < 1.29 is 22.3 Å². The number of aromatic nitrogens is 1. The zero-order valence-electron chi connectivity index (χ0n) is 15.7. The van der Waals surface area contributed by atoms with E-state index in [1.807, 2.05) is 0 Å². The number of ketones is 1. The van der Waals surface area contributed by atoms with E-state index in [4.69, 9.17) is 16.3 Å². The zero-order valence-corrected chi connectivity index (χ0v) is 17.2. The van der Waals surface area contributed by atoms with Crippen LogP contribution in [0.2, 0.25) is 5.02 Å². The third-order valence-electron chi connectivity index (χ3n) is 4.67. The van der Waals surface area contributed by atoms with Crippen molar-refractivity contribution in [2.45, 2.75) is 4.90 Å². The molecule has 0 bridgehead atoms. The molecule has 1 heterocycles. The molecule has 0 aliphatic heterocycles. The summed E-state index contributed by atoms with van der Waals surface area (Å²) in [6.45, 7) is 0. The summed E-state index contributed by atoms with van der Waals surface area (Å²) in [6.07, 6.45) is 0. The second kappa shape index (κ2) is 7.59. The van der Waals surface area contributed by atoms with E-state index in [1.165, 1.54) is 43.5 Å². The van der Waals surface area contributed by atoms with E-state index in [0.717, 1.165) is 10.0 Å². The van der Waals surface area contributed by atoms with E-state index >= 15 is 0 Å². The molecule has 3 aromatic carbocycles. The van der Waals surface area contributed by atoms with Gasteiger partial charge in [-0.3, -0.25) is 4.79 Å². The average Bonchev–Trinajstić information content (AvgIpc) is 3.13. The van der Waals surface area contributed by atoms with Crippen LogP contribution in [0.25, 0.3) is 10.9 Å². The maximum atomic E-state index is 14.4. The molecule has 30 heavy (non-hydrogen) atoms. The first kappa shape index (κ1) is 20.1. The van der Waals surface area contributed by atoms with Gasteiger partial charge in [-0.15, -0.1) is 0 Å². The van der Waals surface area contributed by atoms with Gasteiger partial charge in [-0.2, -0.15) is 0 Å². The topological polar surface area (TPSA) is 65.4 Å². The van der Waals surface area contributed by atoms with Gasteiger partial charge in [-0.25, -0.2) is 16.8 Å². The van der Waals surface area contributed by atoms with Crippen molar-refractivity contribution in [3.8, 4) is 5.75 Å². The van der Waals surface area contributed by atoms with Gasteiger partial charge in [-0.1, -0.05) is 35.9 Å². The Bertz CT molecular complexity index is 1360. The molecule has 4 aromatic rings. The lowest BCUT2D eigenvalue weighted by Gasteiger charge is -2.12. The van der Waals surface area contributed by atoms with E-state index in [2.05, 4.69) is 0 Å². The normalized spacial score (nSPS) is 11.6. The van der Waals surface area contributed by atoms with E-state index in [-0.39, 0.29) is 21.1 Å². The van der Waals surface area contributed by atoms with Crippen molar-refractivity contribution in [2.75, 3.05) is 7.11 Å². The first-order chi connectivity index (χ1) is 14.3. The molecule has 0 amide bonds. The lowest BCUT2D eigenvalue weighted by Crippen LogP contribution is -2.19. The molecular formula is C22H15ClFNO4S. The average molecular weight is 444 g/mol. The highest BCUT2D eigenvalue weighted by Gasteiger charge is 2.29. The zero-order chi connectivity index (χ0) is 21.5. The van der Waals surface area contributed by atoms with Crippen molar-refractivity contribution in [3.05, 3.63) is 94.9 Å². The van der Waals surface area contributed by atoms with Crippen LogP contribution >= 0.6 is 11.6 Å². The van der Waals surface area contributed by atoms with Gasteiger partial charge in [0.2, 0.25) is 5.78 Å². The Morgan fingerprint density at radius 2 is 1.73 bits per heavy atom. The molecule has 8 heteroatoms. The summed E-state index contributed by atoms with van der Waals surface area (Å²) >= 11 is 6.06. The Labute approximate surface area is 177 Å². The fourth-order valence-corrected chi connectivity index (χ4v) is 5.03. The first-order valence-electron chi connectivity index (χ1n) is 8.83. The van der Waals surface area contributed by atoms with Crippen molar-refractivity contribution in [3.63, 3.8) is 0 Å². The van der Waals surface area contributed by atoms with Gasteiger partial charge in [0.1, 0.15) is 17.3 Å². The molecule has 0 atom stereocenters. The highest BCUT2D eigenvalue weighted by molar-refractivity contribution is 7.90. The van der Waals surface area contributed by atoms with Gasteiger partial charge < -0.3 is 4.74 Å². The SMILES string of the molecule is COc1ccc2c(c1)cc(C(=O)c1c(F)cccc1Cl)n2S(=O)(=O)c1ccccc1. The van der Waals surface area contributed by atoms with Crippen molar-refractivity contribution in [1.29, 1.82) is 0 Å². The van der Waals surface area contributed by atoms with Gasteiger partial charge in [0.05, 0.1) is 28.1 Å². The molecule has 1 aromatic heterocycles. The van der Waals surface area contributed by atoms with Gasteiger partial charge >= 0.3 is 0 Å². The van der Waals surface area contributed by atoms with Crippen molar-refractivity contribution in [2.24, 2.45) is 0 Å². The molecule has 0 saturated heterocycles. The van der Waals surface area contributed by atoms with Gasteiger partial charge in [0.25, 0.3) is 10.0 Å². The van der Waals surface area contributed by atoms with Crippen LogP contribution in [0.4, 0.5) is 4.39 Å². The summed E-state index contributed by atoms with van der Waals surface area (Å²) < 4.78 is 47.4. The third kappa shape index (κ3) is 3.26. The van der Waals surface area contributed by atoms with Crippen LogP contribution < -0.4 is 4.74 Å². The Balaban J connectivity index is 2.05. The fraction of sp³-hybridized carbons (Fsp3) is 0.0455. The van der Waals surface area contributed by atoms with Gasteiger partial charge in [0.15, 0.2) is 0 Å². The van der Waals surface area contributed by atoms with Crippen molar-refractivity contribution >= 4 is 38.3 Å². The molecule has 0 N–H and O–H groups in total. The molecule has 5 nitrogen and oxygen atoms in total. The van der Waals surface area contributed by atoms with Gasteiger partial charge in [-0.05, 0) is 48.5 Å². The monoisotopic (exact) mass is 443 g/mol. The van der Waals surface area contributed by atoms with Crippen LogP contribution in [0.5, 0.6) is 5.75 Å². The number of benzene rings is 3. The predicted octanol–water partition coefficient (Wildman–Crippen LogP) is 4.91.